The Labute approximate surface area is 134 Å². The zero-order chi connectivity index (χ0) is 15.7. The normalized spacial score (nSPS) is 10.7. The van der Waals surface area contributed by atoms with E-state index in [1.807, 2.05) is 0 Å². The summed E-state index contributed by atoms with van der Waals surface area (Å²) in [6.45, 7) is 1.48. The standard InChI is InChI=1S/C12H9Cl2N3O3S/c1-6-10(17(19)20)11(16(2)15-6)12(18)21-9-4-3-7(13)5-8(9)14/h3-5H,1-2H3. The lowest BCUT2D eigenvalue weighted by molar-refractivity contribution is -0.385. The molecule has 0 saturated carbocycles. The summed E-state index contributed by atoms with van der Waals surface area (Å²) < 4.78 is 1.20. The zero-order valence-electron chi connectivity index (χ0n) is 11.0. The molecule has 2 rings (SSSR count). The fourth-order valence-electron chi connectivity index (χ4n) is 1.80. The minimum atomic E-state index is -0.612. The highest BCUT2D eigenvalue weighted by atomic mass is 35.5. The van der Waals surface area contributed by atoms with E-state index >= 15 is 0 Å². The van der Waals surface area contributed by atoms with Gasteiger partial charge in [0.1, 0.15) is 5.69 Å². The molecular weight excluding hydrogens is 337 g/mol. The highest BCUT2D eigenvalue weighted by Crippen LogP contribution is 2.34. The van der Waals surface area contributed by atoms with Gasteiger partial charge in [0.2, 0.25) is 5.12 Å². The van der Waals surface area contributed by atoms with Crippen molar-refractivity contribution in [3.63, 3.8) is 0 Å². The predicted octanol–water partition coefficient (Wildman–Crippen LogP) is 3.88. The van der Waals surface area contributed by atoms with Crippen molar-refractivity contribution in [1.29, 1.82) is 0 Å². The fourth-order valence-corrected chi connectivity index (χ4v) is 3.14. The van der Waals surface area contributed by atoms with Crippen LogP contribution in [0.4, 0.5) is 5.69 Å². The summed E-state index contributed by atoms with van der Waals surface area (Å²) in [6.07, 6.45) is 0. The van der Waals surface area contributed by atoms with Crippen LogP contribution < -0.4 is 0 Å². The molecule has 0 fully saturated rings. The van der Waals surface area contributed by atoms with E-state index in [0.29, 0.717) is 14.9 Å². The Hall–Kier alpha value is -1.57. The highest BCUT2D eigenvalue weighted by molar-refractivity contribution is 8.14. The molecule has 0 amide bonds. The molecule has 0 N–H and O–H groups in total. The number of hydrogen-bond donors (Lipinski definition) is 0. The van der Waals surface area contributed by atoms with E-state index in [4.69, 9.17) is 23.2 Å². The number of halogens is 2. The van der Waals surface area contributed by atoms with Gasteiger partial charge in [-0.15, -0.1) is 0 Å². The molecule has 0 saturated heterocycles. The molecule has 1 aromatic carbocycles. The lowest BCUT2D eigenvalue weighted by Crippen LogP contribution is -2.06. The number of carbonyl (C=O) groups excluding carboxylic acids is 1. The molecule has 0 radical (unpaired) electrons. The number of rotatable bonds is 3. The SMILES string of the molecule is Cc1nn(C)c(C(=O)Sc2ccc(Cl)cc2Cl)c1[N+](=O)[O-]. The first kappa shape index (κ1) is 15.8. The third kappa shape index (κ3) is 3.20. The Kier molecular flexibility index (Phi) is 4.55. The summed E-state index contributed by atoms with van der Waals surface area (Å²) in [5, 5.41) is 15.2. The molecule has 1 aromatic heterocycles. The summed E-state index contributed by atoms with van der Waals surface area (Å²) >= 11 is 12.6. The fraction of sp³-hybridized carbons (Fsp3) is 0.167. The van der Waals surface area contributed by atoms with E-state index in [9.17, 15) is 14.9 Å². The monoisotopic (exact) mass is 345 g/mol. The Morgan fingerprint density at radius 1 is 1.43 bits per heavy atom. The first-order chi connectivity index (χ1) is 9.81. The van der Waals surface area contributed by atoms with E-state index in [1.54, 1.807) is 12.1 Å². The topological polar surface area (TPSA) is 78.0 Å². The molecule has 2 aromatic rings. The van der Waals surface area contributed by atoms with Crippen LogP contribution in [0.15, 0.2) is 23.1 Å². The molecule has 0 atom stereocenters. The van der Waals surface area contributed by atoms with Gasteiger partial charge in [0.25, 0.3) is 0 Å². The summed E-state index contributed by atoms with van der Waals surface area (Å²) in [5.74, 6) is 0. The van der Waals surface area contributed by atoms with Gasteiger partial charge in [-0.2, -0.15) is 5.10 Å². The van der Waals surface area contributed by atoms with E-state index in [1.165, 1.54) is 24.7 Å². The lowest BCUT2D eigenvalue weighted by atomic mass is 10.3. The van der Waals surface area contributed by atoms with Crippen LogP contribution in [0.1, 0.15) is 16.2 Å². The van der Waals surface area contributed by atoms with Crippen molar-refractivity contribution < 1.29 is 9.72 Å². The first-order valence-corrected chi connectivity index (χ1v) is 7.23. The van der Waals surface area contributed by atoms with Crippen LogP contribution in [-0.2, 0) is 7.05 Å². The molecule has 1 heterocycles. The van der Waals surface area contributed by atoms with Crippen LogP contribution in [0.25, 0.3) is 0 Å². The van der Waals surface area contributed by atoms with Crippen LogP contribution >= 0.6 is 35.0 Å². The minimum absolute atomic E-state index is 0.0754. The van der Waals surface area contributed by atoms with Crippen LogP contribution in [0.5, 0.6) is 0 Å². The molecule has 9 heteroatoms. The molecule has 0 unspecified atom stereocenters. The molecule has 0 aliphatic carbocycles. The van der Waals surface area contributed by atoms with Crippen molar-refractivity contribution in [2.75, 3.05) is 0 Å². The zero-order valence-corrected chi connectivity index (χ0v) is 13.3. The van der Waals surface area contributed by atoms with E-state index in [2.05, 4.69) is 5.10 Å². The molecule has 21 heavy (non-hydrogen) atoms. The van der Waals surface area contributed by atoms with E-state index in [-0.39, 0.29) is 17.1 Å². The van der Waals surface area contributed by atoms with Gasteiger partial charge in [-0.1, -0.05) is 23.2 Å². The largest absolute Gasteiger partial charge is 0.321 e. The number of nitrogens with zero attached hydrogens (tertiary/aromatic N) is 3. The molecule has 0 aliphatic rings. The summed E-state index contributed by atoms with van der Waals surface area (Å²) in [5.41, 5.74) is -0.178. The van der Waals surface area contributed by atoms with E-state index < -0.39 is 10.0 Å². The Morgan fingerprint density at radius 3 is 2.67 bits per heavy atom. The van der Waals surface area contributed by atoms with Gasteiger partial charge < -0.3 is 0 Å². The van der Waals surface area contributed by atoms with Crippen LogP contribution in [0.3, 0.4) is 0 Å². The third-order valence-corrected chi connectivity index (χ3v) is 4.28. The van der Waals surface area contributed by atoms with E-state index in [0.717, 1.165) is 11.8 Å². The van der Waals surface area contributed by atoms with Gasteiger partial charge in [-0.25, -0.2) is 0 Å². The molecule has 0 bridgehead atoms. The maximum absolute atomic E-state index is 12.3. The number of benzene rings is 1. The quantitative estimate of drug-likeness (QED) is 0.479. The number of aromatic nitrogens is 2. The number of thioether (sulfide) groups is 1. The molecule has 0 aliphatic heterocycles. The first-order valence-electron chi connectivity index (χ1n) is 5.66. The maximum Gasteiger partial charge on any atom is 0.321 e. The third-order valence-electron chi connectivity index (χ3n) is 2.66. The molecule has 0 spiro atoms. The summed E-state index contributed by atoms with van der Waals surface area (Å²) in [4.78, 5) is 23.2. The average Bonchev–Trinajstić information content (AvgIpc) is 2.67. The molecular formula is C12H9Cl2N3O3S. The Morgan fingerprint density at radius 2 is 2.10 bits per heavy atom. The smallest absolute Gasteiger partial charge is 0.279 e. The second-order valence-electron chi connectivity index (χ2n) is 4.13. The van der Waals surface area contributed by atoms with Crippen LogP contribution in [0.2, 0.25) is 10.0 Å². The van der Waals surface area contributed by atoms with Gasteiger partial charge >= 0.3 is 5.69 Å². The van der Waals surface area contributed by atoms with Crippen molar-refractivity contribution in [3.05, 3.63) is 49.7 Å². The summed E-state index contributed by atoms with van der Waals surface area (Å²) in [7, 11) is 1.48. The van der Waals surface area contributed by atoms with Gasteiger partial charge in [-0.05, 0) is 36.9 Å². The number of nitro groups is 1. The minimum Gasteiger partial charge on any atom is -0.279 e. The number of hydrogen-bond acceptors (Lipinski definition) is 5. The van der Waals surface area contributed by atoms with Gasteiger partial charge in [-0.3, -0.25) is 19.6 Å². The van der Waals surface area contributed by atoms with Crippen molar-refractivity contribution in [2.24, 2.45) is 7.05 Å². The van der Waals surface area contributed by atoms with Crippen LogP contribution in [-0.4, -0.2) is 19.8 Å². The second kappa shape index (κ2) is 6.05. The maximum atomic E-state index is 12.3. The molecule has 110 valence electrons. The molecule has 6 nitrogen and oxygen atoms in total. The van der Waals surface area contributed by atoms with Crippen molar-refractivity contribution in [3.8, 4) is 0 Å². The average molecular weight is 346 g/mol. The van der Waals surface area contributed by atoms with Crippen molar-refractivity contribution >= 4 is 45.8 Å². The summed E-state index contributed by atoms with van der Waals surface area (Å²) in [6, 6.07) is 4.68. The van der Waals surface area contributed by atoms with Crippen molar-refractivity contribution in [1.82, 2.24) is 9.78 Å². The van der Waals surface area contributed by atoms with Gasteiger partial charge in [0, 0.05) is 17.0 Å². The van der Waals surface area contributed by atoms with Gasteiger partial charge in [0.15, 0.2) is 5.69 Å². The number of aryl methyl sites for hydroxylation is 2. The second-order valence-corrected chi connectivity index (χ2v) is 5.99. The Balaban J connectivity index is 2.39. The number of carbonyl (C=O) groups is 1. The predicted molar refractivity (Wildman–Crippen MR) is 81.2 cm³/mol. The van der Waals surface area contributed by atoms with Crippen molar-refractivity contribution in [2.45, 2.75) is 11.8 Å². The lowest BCUT2D eigenvalue weighted by Gasteiger charge is -2.04. The Bertz CT molecular complexity index is 746. The van der Waals surface area contributed by atoms with Crippen LogP contribution in [0, 0.1) is 17.0 Å². The van der Waals surface area contributed by atoms with Gasteiger partial charge in [0.05, 0.1) is 9.95 Å². The highest BCUT2D eigenvalue weighted by Gasteiger charge is 2.29.